The molecule has 308 valence electrons. The van der Waals surface area contributed by atoms with Crippen LogP contribution in [-0.4, -0.2) is 15.0 Å². The van der Waals surface area contributed by atoms with Crippen LogP contribution in [0.25, 0.3) is 44.9 Å². The molecule has 0 N–H and O–H groups in total. The van der Waals surface area contributed by atoms with E-state index in [9.17, 15) is 5.48 Å². The quantitative estimate of drug-likeness (QED) is 0.108. The van der Waals surface area contributed by atoms with Crippen molar-refractivity contribution in [2.45, 2.75) is 83.4 Å². The zero-order chi connectivity index (χ0) is 45.4. The molecule has 3 aromatic heterocycles. The fourth-order valence-electron chi connectivity index (χ4n) is 8.65. The summed E-state index contributed by atoms with van der Waals surface area (Å²) in [7, 11) is 0. The van der Waals surface area contributed by atoms with Crippen molar-refractivity contribution >= 4 is 0 Å². The van der Waals surface area contributed by atoms with E-state index >= 15 is 0 Å². The van der Waals surface area contributed by atoms with E-state index in [2.05, 4.69) is 82.3 Å². The fraction of sp³-hybridized carbons (Fsp3) is 0.224. The van der Waals surface area contributed by atoms with Crippen LogP contribution in [0.3, 0.4) is 0 Å². The normalized spacial score (nSPS) is 13.9. The average Bonchev–Trinajstić information content (AvgIpc) is 3.80. The molecule has 0 aliphatic heterocycles. The van der Waals surface area contributed by atoms with Crippen molar-refractivity contribution < 1.29 is 25.6 Å². The number of hydrogen-bond acceptors (Lipinski definition) is 3. The molecule has 0 bridgehead atoms. The third-order valence-corrected chi connectivity index (χ3v) is 12.0. The van der Waals surface area contributed by atoms with E-state index in [1.54, 1.807) is 6.20 Å². The molecule has 0 atom stereocenters. The number of nitrogens with zero attached hydrogens (tertiary/aromatic N) is 3. The molecule has 4 heteroatoms. The molecule has 0 radical (unpaired) electrons. The van der Waals surface area contributed by atoms with Gasteiger partial charge in [0.2, 0.25) is 0 Å². The van der Waals surface area contributed by atoms with Crippen molar-refractivity contribution in [3.8, 4) is 44.9 Å². The summed E-state index contributed by atoms with van der Waals surface area (Å²) in [5, 5.41) is 0. The van der Waals surface area contributed by atoms with Gasteiger partial charge in [-0.1, -0.05) is 94.4 Å². The van der Waals surface area contributed by atoms with Crippen LogP contribution in [-0.2, 0) is 69.4 Å². The zero-order valence-corrected chi connectivity index (χ0v) is 38.1. The van der Waals surface area contributed by atoms with Crippen LogP contribution in [0.15, 0.2) is 158 Å². The van der Waals surface area contributed by atoms with Gasteiger partial charge in [0.05, 0.1) is 0 Å². The summed E-state index contributed by atoms with van der Waals surface area (Å²) in [6.45, 7) is 8.72. The van der Waals surface area contributed by atoms with E-state index in [0.29, 0.717) is 24.1 Å². The Morgan fingerprint density at radius 3 is 1.55 bits per heavy atom. The first-order chi connectivity index (χ1) is 31.2. The summed E-state index contributed by atoms with van der Waals surface area (Å²) in [6, 6.07) is 55.5. The van der Waals surface area contributed by atoms with Gasteiger partial charge in [-0.3, -0.25) is 0 Å². The largest absolute Gasteiger partial charge is 3.00 e. The van der Waals surface area contributed by atoms with Crippen LogP contribution in [0.2, 0.25) is 0 Å². The van der Waals surface area contributed by atoms with Crippen molar-refractivity contribution in [2.75, 3.05) is 0 Å². The molecule has 0 saturated carbocycles. The molecule has 9 rings (SSSR count). The predicted molar refractivity (Wildman–Crippen MR) is 250 cm³/mol. The van der Waals surface area contributed by atoms with Gasteiger partial charge in [0.15, 0.2) is 0 Å². The number of aromatic nitrogens is 3. The van der Waals surface area contributed by atoms with Gasteiger partial charge < -0.3 is 15.0 Å². The Morgan fingerprint density at radius 2 is 1.03 bits per heavy atom. The van der Waals surface area contributed by atoms with Gasteiger partial charge in [-0.05, 0) is 128 Å². The summed E-state index contributed by atoms with van der Waals surface area (Å²) in [5.74, 6) is 0. The first kappa shape index (κ1) is 37.9. The van der Waals surface area contributed by atoms with Crippen molar-refractivity contribution in [1.82, 2.24) is 15.0 Å². The molecule has 62 heavy (non-hydrogen) atoms. The summed E-state index contributed by atoms with van der Waals surface area (Å²) >= 11 is 0. The third-order valence-electron chi connectivity index (χ3n) is 12.0. The van der Waals surface area contributed by atoms with Gasteiger partial charge >= 0.3 is 20.1 Å². The van der Waals surface area contributed by atoms with Gasteiger partial charge in [0.25, 0.3) is 0 Å². The first-order valence-corrected chi connectivity index (χ1v) is 21.3. The van der Waals surface area contributed by atoms with E-state index in [1.165, 1.54) is 11.1 Å². The van der Waals surface area contributed by atoms with Gasteiger partial charge in [-0.25, -0.2) is 0 Å². The van der Waals surface area contributed by atoms with Crippen molar-refractivity contribution in [1.29, 1.82) is 0 Å². The van der Waals surface area contributed by atoms with Gasteiger partial charge in [0, 0.05) is 24.1 Å². The number of benzene rings is 5. The van der Waals surface area contributed by atoms with Crippen LogP contribution in [0.4, 0.5) is 0 Å². The minimum absolute atomic E-state index is 0. The Balaban J connectivity index is 0.00000592. The molecule has 3 nitrogen and oxygen atoms in total. The number of fused-ring (bicyclic) bond motifs is 1. The number of rotatable bonds is 13. The maximum Gasteiger partial charge on any atom is 3.00 e. The molecule has 5 aromatic carbocycles. The molecular formula is C58H52IrN3. The second-order valence-corrected chi connectivity index (χ2v) is 17.6. The summed E-state index contributed by atoms with van der Waals surface area (Å²) in [4.78, 5) is 14.4. The van der Waals surface area contributed by atoms with Crippen molar-refractivity contribution in [2.24, 2.45) is 0 Å². The molecule has 0 amide bonds. The van der Waals surface area contributed by atoms with Gasteiger partial charge in [-0.2, -0.15) is 0 Å². The van der Waals surface area contributed by atoms with Crippen molar-refractivity contribution in [3.05, 3.63) is 221 Å². The minimum Gasteiger partial charge on any atom is -0.304 e. The molecule has 0 spiro atoms. The summed E-state index contributed by atoms with van der Waals surface area (Å²) < 4.78 is 39.7. The standard InChI is InChI=1S/C58H52N3.Ir/c1-57(2,51-27-29-54(60-39-51)45-15-8-5-9-16-45)36-42-31-41(32-43(33-42)37-58(3,4)52-28-30-55(61-40-52)46-17-10-6-11-18-46)23-24-50-38-59-56(47-19-12-7-13-20-47)35-53(50)49-26-25-44-21-14-22-48(44)34-49;/h5-13,15,17,19,25-35,38-40H,14,21-24,36-37H2,1-4H3;/q-3;+3/i23D2,24D2;. The molecule has 0 fully saturated rings. The minimum atomic E-state index is -2.50. The molecule has 3 heterocycles. The monoisotopic (exact) mass is 987 g/mol. The van der Waals surface area contributed by atoms with Crippen LogP contribution in [0, 0.1) is 18.2 Å². The molecule has 1 aliphatic carbocycles. The van der Waals surface area contributed by atoms with Crippen LogP contribution in [0.5, 0.6) is 0 Å². The van der Waals surface area contributed by atoms with E-state index in [1.807, 2.05) is 116 Å². The van der Waals surface area contributed by atoms with E-state index in [-0.39, 0.29) is 31.2 Å². The van der Waals surface area contributed by atoms with E-state index in [0.717, 1.165) is 75.2 Å². The zero-order valence-electron chi connectivity index (χ0n) is 39.7. The average molecular weight is 987 g/mol. The van der Waals surface area contributed by atoms with E-state index in [4.69, 9.17) is 15.0 Å². The molecule has 8 aromatic rings. The van der Waals surface area contributed by atoms with Crippen molar-refractivity contribution in [3.63, 3.8) is 0 Å². The van der Waals surface area contributed by atoms with Gasteiger partial charge in [-0.15, -0.1) is 108 Å². The molecule has 1 aliphatic rings. The smallest absolute Gasteiger partial charge is 0.304 e. The SMILES string of the molecule is [2H]C([2H])(c1cc(CC(C)(C)c2ccc(-c3[c-]cccc3)nc2)cc(CC(C)(C)c2ccc(-c3[c-]cccc3)nc2)c1)C([2H])([2H])c1cnc(-c2[c-]cccc2)cc1-c1ccc2c(c1)CCC2.[Ir+3]. The van der Waals surface area contributed by atoms with Crippen LogP contribution < -0.4 is 0 Å². The Hall–Kier alpha value is -5.80. The molecular weight excluding hydrogens is 931 g/mol. The predicted octanol–water partition coefficient (Wildman–Crippen LogP) is 13.3. The van der Waals surface area contributed by atoms with Gasteiger partial charge in [0.1, 0.15) is 0 Å². The fourth-order valence-corrected chi connectivity index (χ4v) is 8.65. The van der Waals surface area contributed by atoms with E-state index < -0.39 is 23.6 Å². The Kier molecular flexibility index (Phi) is 11.4. The Bertz CT molecular complexity index is 2820. The maximum atomic E-state index is 9.93. The number of hydrogen-bond donors (Lipinski definition) is 0. The number of pyridine rings is 3. The second kappa shape index (κ2) is 18.7. The Labute approximate surface area is 387 Å². The van der Waals surface area contributed by atoms with Crippen LogP contribution >= 0.6 is 0 Å². The number of aryl methyl sites for hydroxylation is 4. The maximum absolute atomic E-state index is 9.93. The third kappa shape index (κ3) is 9.79. The topological polar surface area (TPSA) is 38.7 Å². The summed E-state index contributed by atoms with van der Waals surface area (Å²) in [5.41, 5.74) is 12.7. The molecule has 0 saturated heterocycles. The molecule has 0 unspecified atom stereocenters. The van der Waals surface area contributed by atoms with Crippen LogP contribution in [0.1, 0.15) is 84.1 Å². The summed E-state index contributed by atoms with van der Waals surface area (Å²) in [6.07, 6.45) is 4.64. The Morgan fingerprint density at radius 1 is 0.516 bits per heavy atom. The second-order valence-electron chi connectivity index (χ2n) is 17.6. The first-order valence-electron chi connectivity index (χ1n) is 23.3.